The predicted molar refractivity (Wildman–Crippen MR) is 96.5 cm³/mol. The summed E-state index contributed by atoms with van der Waals surface area (Å²) in [5, 5.41) is 14.8. The molecule has 1 saturated carbocycles. The molecule has 0 bridgehead atoms. The molecule has 2 amide bonds. The van der Waals surface area contributed by atoms with E-state index in [1.54, 1.807) is 0 Å². The minimum Gasteiger partial charge on any atom is -0.480 e. The van der Waals surface area contributed by atoms with E-state index in [9.17, 15) is 19.5 Å². The van der Waals surface area contributed by atoms with Gasteiger partial charge in [-0.3, -0.25) is 9.59 Å². The molecule has 1 atom stereocenters. The number of carbonyl (C=O) groups is 3. The topological polar surface area (TPSA) is 95.5 Å². The van der Waals surface area contributed by atoms with Crippen molar-refractivity contribution in [3.05, 3.63) is 0 Å². The monoisotopic (exact) mass is 438 g/mol. The molecule has 0 saturated heterocycles. The van der Waals surface area contributed by atoms with Crippen LogP contribution in [0.2, 0.25) is 0 Å². The zero-order valence-electron chi connectivity index (χ0n) is 13.7. The number of rotatable bonds is 9. The summed E-state index contributed by atoms with van der Waals surface area (Å²) < 4.78 is 0.351. The number of carbonyl (C=O) groups excluding carboxylic acids is 2. The Morgan fingerprint density at radius 3 is 2.39 bits per heavy atom. The molecular weight excluding hydrogens is 411 g/mol. The minimum absolute atomic E-state index is 0.0934. The molecule has 23 heavy (non-hydrogen) atoms. The Labute approximate surface area is 151 Å². The number of alkyl halides is 1. The normalized spacial score (nSPS) is 18.0. The van der Waals surface area contributed by atoms with Crippen molar-refractivity contribution in [3.63, 3.8) is 0 Å². The molecule has 132 valence electrons. The van der Waals surface area contributed by atoms with Gasteiger partial charge in [0.05, 0.1) is 9.84 Å². The largest absolute Gasteiger partial charge is 0.480 e. The van der Waals surface area contributed by atoms with Crippen molar-refractivity contribution in [3.8, 4) is 0 Å². The van der Waals surface area contributed by atoms with Crippen molar-refractivity contribution in [1.29, 1.82) is 0 Å². The Morgan fingerprint density at radius 1 is 1.22 bits per heavy atom. The number of hydrogen-bond acceptors (Lipinski definition) is 3. The van der Waals surface area contributed by atoms with Crippen LogP contribution in [0, 0.1) is 5.41 Å². The van der Waals surface area contributed by atoms with Gasteiger partial charge in [-0.05, 0) is 19.3 Å². The molecule has 6 nitrogen and oxygen atoms in total. The summed E-state index contributed by atoms with van der Waals surface area (Å²) in [6.45, 7) is 2.28. The van der Waals surface area contributed by atoms with Crippen molar-refractivity contribution in [1.82, 2.24) is 10.6 Å². The number of halogens is 1. The van der Waals surface area contributed by atoms with E-state index in [0.717, 1.165) is 32.1 Å². The fraction of sp³-hybridized carbons (Fsp3) is 0.812. The van der Waals surface area contributed by atoms with E-state index in [-0.39, 0.29) is 11.8 Å². The van der Waals surface area contributed by atoms with Crippen LogP contribution in [-0.4, -0.2) is 39.9 Å². The van der Waals surface area contributed by atoms with Gasteiger partial charge in [0.15, 0.2) is 0 Å². The molecular formula is C16H27IN2O4. The van der Waals surface area contributed by atoms with Crippen LogP contribution in [0.1, 0.15) is 58.3 Å². The molecule has 1 aliphatic rings. The maximum absolute atomic E-state index is 12.8. The molecule has 0 spiro atoms. The summed E-state index contributed by atoms with van der Waals surface area (Å²) in [6.07, 6.45) is 6.41. The summed E-state index contributed by atoms with van der Waals surface area (Å²) in [6, 6.07) is -0.846. The summed E-state index contributed by atoms with van der Waals surface area (Å²) in [5.41, 5.74) is -0.667. The summed E-state index contributed by atoms with van der Waals surface area (Å²) in [5.74, 6) is -1.31. The Morgan fingerprint density at radius 2 is 1.87 bits per heavy atom. The average Bonchev–Trinajstić information content (AvgIpc) is 2.56. The van der Waals surface area contributed by atoms with Crippen molar-refractivity contribution in [2.75, 3.05) is 11.0 Å². The first-order chi connectivity index (χ1) is 10.9. The summed E-state index contributed by atoms with van der Waals surface area (Å²) in [7, 11) is 0. The van der Waals surface area contributed by atoms with Gasteiger partial charge >= 0.3 is 5.97 Å². The fourth-order valence-corrected chi connectivity index (χ4v) is 3.27. The highest BCUT2D eigenvalue weighted by Crippen LogP contribution is 2.36. The average molecular weight is 438 g/mol. The van der Waals surface area contributed by atoms with Crippen molar-refractivity contribution < 1.29 is 19.5 Å². The summed E-state index contributed by atoms with van der Waals surface area (Å²) >= 11 is 1.98. The van der Waals surface area contributed by atoms with Crippen LogP contribution < -0.4 is 10.6 Å². The van der Waals surface area contributed by atoms with Gasteiger partial charge in [-0.25, -0.2) is 4.79 Å². The molecule has 7 heteroatoms. The highest BCUT2D eigenvalue weighted by molar-refractivity contribution is 14.1. The predicted octanol–water partition coefficient (Wildman–Crippen LogP) is 2.25. The van der Waals surface area contributed by atoms with Crippen LogP contribution in [-0.2, 0) is 14.4 Å². The number of unbranched alkanes of at least 4 members (excludes halogenated alkanes) is 1. The minimum atomic E-state index is -0.992. The van der Waals surface area contributed by atoms with Gasteiger partial charge in [-0.15, -0.1) is 0 Å². The van der Waals surface area contributed by atoms with Gasteiger partial charge < -0.3 is 15.7 Å². The van der Waals surface area contributed by atoms with E-state index < -0.39 is 17.4 Å². The van der Waals surface area contributed by atoms with Gasteiger partial charge in [-0.2, -0.15) is 0 Å². The van der Waals surface area contributed by atoms with Gasteiger partial charge in [0.2, 0.25) is 11.8 Å². The van der Waals surface area contributed by atoms with Gasteiger partial charge in [0.1, 0.15) is 6.04 Å². The molecule has 0 aromatic carbocycles. The van der Waals surface area contributed by atoms with E-state index >= 15 is 0 Å². The number of carboxylic acid groups (broad SMARTS) is 1. The quantitative estimate of drug-likeness (QED) is 0.380. The van der Waals surface area contributed by atoms with Gasteiger partial charge in [0, 0.05) is 6.54 Å². The molecule has 0 heterocycles. The van der Waals surface area contributed by atoms with Crippen molar-refractivity contribution >= 4 is 40.4 Å². The smallest absolute Gasteiger partial charge is 0.326 e. The molecule has 1 aliphatic carbocycles. The van der Waals surface area contributed by atoms with Crippen LogP contribution in [0.25, 0.3) is 0 Å². The van der Waals surface area contributed by atoms with Crippen molar-refractivity contribution in [2.24, 2.45) is 5.41 Å². The molecule has 1 fully saturated rings. The van der Waals surface area contributed by atoms with Crippen LogP contribution in [0.5, 0.6) is 0 Å². The number of aliphatic carboxylic acids is 1. The maximum atomic E-state index is 12.8. The maximum Gasteiger partial charge on any atom is 0.326 e. The SMILES string of the molecule is CCCCC(NC(=O)C1(CNC(=O)CI)CCCCC1)C(=O)O. The Bertz CT molecular complexity index is 422. The second kappa shape index (κ2) is 10.1. The van der Waals surface area contributed by atoms with Crippen LogP contribution in [0.3, 0.4) is 0 Å². The number of amides is 2. The lowest BCUT2D eigenvalue weighted by Gasteiger charge is -2.36. The highest BCUT2D eigenvalue weighted by atomic mass is 127. The third-order valence-electron chi connectivity index (χ3n) is 4.49. The first kappa shape index (κ1) is 20.2. The number of carboxylic acids is 1. The molecule has 0 aromatic rings. The van der Waals surface area contributed by atoms with E-state index in [2.05, 4.69) is 10.6 Å². The third kappa shape index (κ3) is 6.27. The van der Waals surface area contributed by atoms with E-state index in [4.69, 9.17) is 0 Å². The van der Waals surface area contributed by atoms with E-state index in [1.165, 1.54) is 0 Å². The molecule has 1 rings (SSSR count). The molecule has 3 N–H and O–H groups in total. The first-order valence-corrected chi connectivity index (χ1v) is 9.84. The zero-order chi connectivity index (χ0) is 17.3. The second-order valence-corrected chi connectivity index (χ2v) is 7.02. The highest BCUT2D eigenvalue weighted by Gasteiger charge is 2.41. The number of hydrogen-bond donors (Lipinski definition) is 3. The van der Waals surface area contributed by atoms with Gasteiger partial charge in [-0.1, -0.05) is 61.6 Å². The molecule has 1 unspecified atom stereocenters. The standard InChI is InChI=1S/C16H27IN2O4/c1-2-3-7-12(14(21)22)19-15(23)16(8-5-4-6-9-16)11-18-13(20)10-17/h12H,2-11H2,1H3,(H,18,20)(H,19,23)(H,21,22). The third-order valence-corrected chi connectivity index (χ3v) is 5.18. The van der Waals surface area contributed by atoms with Gasteiger partial charge in [0.25, 0.3) is 0 Å². The molecule has 0 radical (unpaired) electrons. The summed E-state index contributed by atoms with van der Waals surface area (Å²) in [4.78, 5) is 35.7. The number of nitrogens with one attached hydrogen (secondary N) is 2. The second-order valence-electron chi connectivity index (χ2n) is 6.26. The lowest BCUT2D eigenvalue weighted by Crippen LogP contribution is -2.53. The van der Waals surface area contributed by atoms with Crippen LogP contribution >= 0.6 is 22.6 Å². The first-order valence-electron chi connectivity index (χ1n) is 8.31. The van der Waals surface area contributed by atoms with Crippen LogP contribution in [0.4, 0.5) is 0 Å². The Balaban J connectivity index is 2.77. The molecule has 0 aliphatic heterocycles. The Hall–Kier alpha value is -0.860. The lowest BCUT2D eigenvalue weighted by molar-refractivity contribution is -0.145. The van der Waals surface area contributed by atoms with Crippen molar-refractivity contribution in [2.45, 2.75) is 64.3 Å². The fourth-order valence-electron chi connectivity index (χ4n) is 3.00. The van der Waals surface area contributed by atoms with E-state index in [0.29, 0.717) is 30.2 Å². The van der Waals surface area contributed by atoms with E-state index in [1.807, 2.05) is 29.5 Å². The molecule has 0 aromatic heterocycles. The van der Waals surface area contributed by atoms with Crippen LogP contribution in [0.15, 0.2) is 0 Å². The Kier molecular flexibility index (Phi) is 8.86. The zero-order valence-corrected chi connectivity index (χ0v) is 15.9. The lowest BCUT2D eigenvalue weighted by atomic mass is 9.73.